The molecule has 2 aromatic rings. The lowest BCUT2D eigenvalue weighted by atomic mass is 10.3. The first-order valence-electron chi connectivity index (χ1n) is 5.97. The molecule has 0 spiro atoms. The van der Waals surface area contributed by atoms with Crippen molar-refractivity contribution in [1.82, 2.24) is 5.43 Å². The summed E-state index contributed by atoms with van der Waals surface area (Å²) in [4.78, 5) is 0. The molecule has 0 unspecified atom stereocenters. The molecule has 0 aliphatic heterocycles. The number of hydrazine groups is 1. The minimum absolute atomic E-state index is 0.604. The number of anilines is 2. The highest BCUT2D eigenvalue weighted by Crippen LogP contribution is 2.05. The zero-order valence-corrected chi connectivity index (χ0v) is 10.5. The second-order valence-electron chi connectivity index (χ2n) is 3.80. The number of amidine groups is 1. The van der Waals surface area contributed by atoms with Crippen LogP contribution in [0.2, 0.25) is 0 Å². The van der Waals surface area contributed by atoms with Gasteiger partial charge in [-0.2, -0.15) is 5.10 Å². The van der Waals surface area contributed by atoms with E-state index in [1.165, 1.54) is 0 Å². The van der Waals surface area contributed by atoms with Crippen molar-refractivity contribution >= 4 is 17.2 Å². The Morgan fingerprint density at radius 2 is 1.47 bits per heavy atom. The van der Waals surface area contributed by atoms with Crippen LogP contribution in [0.4, 0.5) is 11.4 Å². The fourth-order valence-electron chi connectivity index (χ4n) is 1.42. The van der Waals surface area contributed by atoms with E-state index in [4.69, 9.17) is 0 Å². The van der Waals surface area contributed by atoms with Crippen molar-refractivity contribution < 1.29 is 0 Å². The molecule has 0 saturated carbocycles. The second kappa shape index (κ2) is 6.86. The Labute approximate surface area is 112 Å². The summed E-state index contributed by atoms with van der Waals surface area (Å²) >= 11 is 0. The van der Waals surface area contributed by atoms with Crippen LogP contribution in [0.1, 0.15) is 0 Å². The fraction of sp³-hybridized carbons (Fsp3) is 0. The summed E-state index contributed by atoms with van der Waals surface area (Å²) in [6.45, 7) is 3.71. The van der Waals surface area contributed by atoms with Gasteiger partial charge in [-0.15, -0.1) is 0 Å². The van der Waals surface area contributed by atoms with E-state index in [9.17, 15) is 0 Å². The summed E-state index contributed by atoms with van der Waals surface area (Å²) in [5.74, 6) is 0.604. The first-order valence-corrected chi connectivity index (χ1v) is 5.97. The van der Waals surface area contributed by atoms with Gasteiger partial charge in [0.25, 0.3) is 0 Å². The van der Waals surface area contributed by atoms with Gasteiger partial charge in [0.15, 0.2) is 5.84 Å². The number of hydrogen-bond donors (Lipinski definition) is 3. The minimum atomic E-state index is 0.604. The lowest BCUT2D eigenvalue weighted by Gasteiger charge is -2.09. The lowest BCUT2D eigenvalue weighted by Crippen LogP contribution is -2.28. The summed E-state index contributed by atoms with van der Waals surface area (Å²) < 4.78 is 0. The van der Waals surface area contributed by atoms with Crippen LogP contribution in [0.15, 0.2) is 78.4 Å². The van der Waals surface area contributed by atoms with Crippen LogP contribution < -0.4 is 16.3 Å². The molecule has 2 rings (SSSR count). The van der Waals surface area contributed by atoms with Crippen LogP contribution >= 0.6 is 0 Å². The maximum atomic E-state index is 4.20. The van der Waals surface area contributed by atoms with E-state index in [-0.39, 0.29) is 0 Å². The molecule has 3 N–H and O–H groups in total. The molecule has 0 fully saturated rings. The summed E-state index contributed by atoms with van der Waals surface area (Å²) in [7, 11) is 0. The highest BCUT2D eigenvalue weighted by molar-refractivity contribution is 5.93. The van der Waals surface area contributed by atoms with Crippen molar-refractivity contribution in [3.05, 3.63) is 73.3 Å². The Hall–Kier alpha value is -2.75. The van der Waals surface area contributed by atoms with Crippen LogP contribution in [0.5, 0.6) is 0 Å². The van der Waals surface area contributed by atoms with E-state index in [1.54, 1.807) is 6.08 Å². The summed E-state index contributed by atoms with van der Waals surface area (Å²) in [6, 6.07) is 19.5. The number of para-hydroxylation sites is 2. The smallest absolute Gasteiger partial charge is 0.164 e. The van der Waals surface area contributed by atoms with Gasteiger partial charge in [0.1, 0.15) is 0 Å². The van der Waals surface area contributed by atoms with E-state index in [2.05, 4.69) is 28.0 Å². The SMILES string of the molecule is C=CC(=NNc1ccccc1)NNc1ccccc1. The molecular formula is C15H16N4. The average Bonchev–Trinajstić information content (AvgIpc) is 2.49. The number of rotatable bonds is 5. The summed E-state index contributed by atoms with van der Waals surface area (Å²) in [5.41, 5.74) is 10.8. The normalized spacial score (nSPS) is 10.6. The van der Waals surface area contributed by atoms with Crippen LogP contribution in [-0.2, 0) is 0 Å². The molecule has 2 aromatic carbocycles. The highest BCUT2D eigenvalue weighted by Gasteiger charge is 1.93. The van der Waals surface area contributed by atoms with Gasteiger partial charge in [0.2, 0.25) is 0 Å². The van der Waals surface area contributed by atoms with Gasteiger partial charge in [0, 0.05) is 0 Å². The molecule has 0 heterocycles. The van der Waals surface area contributed by atoms with E-state index < -0.39 is 0 Å². The molecule has 4 heteroatoms. The van der Waals surface area contributed by atoms with Crippen molar-refractivity contribution in [1.29, 1.82) is 0 Å². The minimum Gasteiger partial charge on any atom is -0.300 e. The monoisotopic (exact) mass is 252 g/mol. The van der Waals surface area contributed by atoms with Crippen molar-refractivity contribution in [2.24, 2.45) is 5.10 Å². The number of nitrogens with zero attached hydrogens (tertiary/aromatic N) is 1. The largest absolute Gasteiger partial charge is 0.300 e. The summed E-state index contributed by atoms with van der Waals surface area (Å²) in [5, 5.41) is 4.20. The first kappa shape index (κ1) is 12.7. The maximum Gasteiger partial charge on any atom is 0.164 e. The maximum absolute atomic E-state index is 4.20. The zero-order valence-electron chi connectivity index (χ0n) is 10.5. The molecule has 19 heavy (non-hydrogen) atoms. The summed E-state index contributed by atoms with van der Waals surface area (Å²) in [6.07, 6.45) is 1.63. The second-order valence-corrected chi connectivity index (χ2v) is 3.80. The molecule has 0 aliphatic rings. The predicted molar refractivity (Wildman–Crippen MR) is 80.9 cm³/mol. The van der Waals surface area contributed by atoms with E-state index in [0.29, 0.717) is 5.84 Å². The van der Waals surface area contributed by atoms with Crippen LogP contribution in [0, 0.1) is 0 Å². The van der Waals surface area contributed by atoms with E-state index in [0.717, 1.165) is 11.4 Å². The third kappa shape index (κ3) is 4.20. The highest BCUT2D eigenvalue weighted by atomic mass is 15.4. The van der Waals surface area contributed by atoms with E-state index >= 15 is 0 Å². The Balaban J connectivity index is 1.91. The van der Waals surface area contributed by atoms with Crippen molar-refractivity contribution in [3.63, 3.8) is 0 Å². The molecule has 96 valence electrons. The van der Waals surface area contributed by atoms with E-state index in [1.807, 2.05) is 60.7 Å². The van der Waals surface area contributed by atoms with Crippen molar-refractivity contribution in [2.75, 3.05) is 10.9 Å². The average molecular weight is 252 g/mol. The van der Waals surface area contributed by atoms with Crippen molar-refractivity contribution in [3.8, 4) is 0 Å². The van der Waals surface area contributed by atoms with Gasteiger partial charge < -0.3 is 0 Å². The molecule has 0 atom stereocenters. The quantitative estimate of drug-likeness (QED) is 0.435. The standard InChI is InChI=1S/C15H16N4/c1-2-15(18-16-13-9-5-3-6-10-13)19-17-14-11-7-4-8-12-14/h2-12,16-17H,1H2,(H,18,19). The number of hydrogen-bond acceptors (Lipinski definition) is 3. The third-order valence-corrected chi connectivity index (χ3v) is 2.38. The molecule has 0 amide bonds. The molecule has 0 aromatic heterocycles. The van der Waals surface area contributed by atoms with Gasteiger partial charge >= 0.3 is 0 Å². The zero-order chi connectivity index (χ0) is 13.3. The Kier molecular flexibility index (Phi) is 4.58. The van der Waals surface area contributed by atoms with Gasteiger partial charge in [0.05, 0.1) is 11.4 Å². The number of benzene rings is 2. The van der Waals surface area contributed by atoms with Crippen LogP contribution in [-0.4, -0.2) is 5.84 Å². The fourth-order valence-corrected chi connectivity index (χ4v) is 1.42. The van der Waals surface area contributed by atoms with Crippen LogP contribution in [0.3, 0.4) is 0 Å². The van der Waals surface area contributed by atoms with Gasteiger partial charge in [-0.1, -0.05) is 43.0 Å². The lowest BCUT2D eigenvalue weighted by molar-refractivity contribution is 1.11. The number of hydrazone groups is 1. The van der Waals surface area contributed by atoms with Crippen molar-refractivity contribution in [2.45, 2.75) is 0 Å². The Morgan fingerprint density at radius 3 is 2.05 bits per heavy atom. The number of nitrogens with one attached hydrogen (secondary N) is 3. The molecular weight excluding hydrogens is 236 g/mol. The Morgan fingerprint density at radius 1 is 0.895 bits per heavy atom. The molecule has 0 aliphatic carbocycles. The third-order valence-electron chi connectivity index (χ3n) is 2.38. The molecule has 0 bridgehead atoms. The van der Waals surface area contributed by atoms with Gasteiger partial charge in [-0.25, -0.2) is 0 Å². The van der Waals surface area contributed by atoms with Crippen LogP contribution in [0.25, 0.3) is 0 Å². The molecule has 0 radical (unpaired) electrons. The molecule has 4 nitrogen and oxygen atoms in total. The Bertz CT molecular complexity index is 535. The topological polar surface area (TPSA) is 48.5 Å². The van der Waals surface area contributed by atoms with Gasteiger partial charge in [-0.05, 0) is 30.3 Å². The van der Waals surface area contributed by atoms with Gasteiger partial charge in [-0.3, -0.25) is 16.3 Å². The first-order chi connectivity index (χ1) is 9.38. The predicted octanol–water partition coefficient (Wildman–Crippen LogP) is 3.21. The molecule has 0 saturated heterocycles.